The molecular formula is C35H40N4O6. The number of amidine groups is 1. The van der Waals surface area contributed by atoms with Crippen LogP contribution in [-0.2, 0) is 25.7 Å². The van der Waals surface area contributed by atoms with Gasteiger partial charge in [0.15, 0.2) is 6.61 Å². The second kappa shape index (κ2) is 15.3. The van der Waals surface area contributed by atoms with Crippen LogP contribution in [0.15, 0.2) is 78.9 Å². The first kappa shape index (κ1) is 31.7. The maximum absolute atomic E-state index is 12.8. The topological polar surface area (TPSA) is 121 Å². The number of piperidine rings is 2. The summed E-state index contributed by atoms with van der Waals surface area (Å²) in [5.41, 5.74) is 3.28. The van der Waals surface area contributed by atoms with Gasteiger partial charge in [-0.2, -0.15) is 0 Å². The summed E-state index contributed by atoms with van der Waals surface area (Å²) in [7, 11) is 2.05. The molecular weight excluding hydrogens is 572 g/mol. The van der Waals surface area contributed by atoms with Crippen molar-refractivity contribution in [1.29, 1.82) is 5.41 Å². The molecule has 5 rings (SSSR count). The average Bonchev–Trinajstić information content (AvgIpc) is 3.07. The normalized spacial score (nSPS) is 17.3. The minimum Gasteiger partial charge on any atom is -0.484 e. The lowest BCUT2D eigenvalue weighted by molar-refractivity contribution is -0.159. The lowest BCUT2D eigenvalue weighted by Crippen LogP contribution is -2.44. The van der Waals surface area contributed by atoms with Crippen molar-refractivity contribution >= 4 is 23.8 Å². The fraction of sp³-hybridized carbons (Fsp3) is 0.371. The summed E-state index contributed by atoms with van der Waals surface area (Å²) >= 11 is 0. The molecule has 0 aliphatic carbocycles. The molecule has 45 heavy (non-hydrogen) atoms. The summed E-state index contributed by atoms with van der Waals surface area (Å²) in [5, 5.41) is 10.7. The molecule has 3 aromatic rings. The highest BCUT2D eigenvalue weighted by Crippen LogP contribution is 2.24. The molecule has 0 aromatic heterocycles. The van der Waals surface area contributed by atoms with Crippen LogP contribution < -0.4 is 10.1 Å². The minimum absolute atomic E-state index is 0.0324. The van der Waals surface area contributed by atoms with Crippen LogP contribution in [0.1, 0.15) is 36.8 Å². The first-order valence-corrected chi connectivity index (χ1v) is 15.4. The van der Waals surface area contributed by atoms with Crippen LogP contribution >= 0.6 is 0 Å². The fourth-order valence-electron chi connectivity index (χ4n) is 5.58. The quantitative estimate of drug-likeness (QED) is 0.201. The maximum Gasteiger partial charge on any atom is 0.413 e. The monoisotopic (exact) mass is 612 g/mol. The van der Waals surface area contributed by atoms with Crippen LogP contribution in [0.4, 0.5) is 4.79 Å². The standard InChI is InChI=1S/C35H40N4O6/c1-38-19-5-8-31(22-38)45-34(41)29-17-20-39(21-18-29)32(40)24-43-30-15-13-27(14-16-30)26-9-11-28(12-10-26)33(36)37-35(42)44-23-25-6-3-2-4-7-25/h2-4,6-7,9-16,29,31H,5,8,17-24H2,1H3,(H2,36,37,42). The van der Waals surface area contributed by atoms with E-state index in [1.54, 1.807) is 17.0 Å². The Morgan fingerprint density at radius 1 is 0.867 bits per heavy atom. The second-order valence-electron chi connectivity index (χ2n) is 11.6. The van der Waals surface area contributed by atoms with Crippen LogP contribution in [0.5, 0.6) is 5.75 Å². The molecule has 10 nitrogen and oxygen atoms in total. The number of esters is 1. The van der Waals surface area contributed by atoms with Gasteiger partial charge < -0.3 is 24.0 Å². The second-order valence-corrected chi connectivity index (χ2v) is 11.6. The molecule has 236 valence electrons. The Hall–Kier alpha value is -4.70. The Labute approximate surface area is 263 Å². The zero-order chi connectivity index (χ0) is 31.6. The largest absolute Gasteiger partial charge is 0.484 e. The average molecular weight is 613 g/mol. The van der Waals surface area contributed by atoms with Crippen molar-refractivity contribution < 1.29 is 28.6 Å². The van der Waals surface area contributed by atoms with Crippen LogP contribution in [0.25, 0.3) is 11.1 Å². The van der Waals surface area contributed by atoms with E-state index >= 15 is 0 Å². The lowest BCUT2D eigenvalue weighted by atomic mass is 9.96. The number of alkyl carbamates (subject to hydrolysis) is 1. The number of carbonyl (C=O) groups excluding carboxylic acids is 3. The summed E-state index contributed by atoms with van der Waals surface area (Å²) in [6, 6.07) is 24.0. The van der Waals surface area contributed by atoms with Crippen LogP contribution in [0.3, 0.4) is 0 Å². The van der Waals surface area contributed by atoms with E-state index in [1.807, 2.05) is 73.8 Å². The molecule has 2 heterocycles. The van der Waals surface area contributed by atoms with E-state index in [-0.39, 0.29) is 42.9 Å². The van der Waals surface area contributed by atoms with Gasteiger partial charge in [-0.3, -0.25) is 20.3 Å². The zero-order valence-corrected chi connectivity index (χ0v) is 25.6. The van der Waals surface area contributed by atoms with Crippen molar-refractivity contribution in [3.8, 4) is 16.9 Å². The van der Waals surface area contributed by atoms with Gasteiger partial charge in [0.25, 0.3) is 5.91 Å². The van der Waals surface area contributed by atoms with E-state index in [9.17, 15) is 14.4 Å². The molecule has 0 saturated carbocycles. The van der Waals surface area contributed by atoms with Gasteiger partial charge in [-0.25, -0.2) is 4.79 Å². The summed E-state index contributed by atoms with van der Waals surface area (Å²) < 4.78 is 16.7. The molecule has 0 spiro atoms. The predicted octanol–water partition coefficient (Wildman–Crippen LogP) is 4.86. The highest BCUT2D eigenvalue weighted by Gasteiger charge is 2.31. The van der Waals surface area contributed by atoms with Crippen LogP contribution in [0.2, 0.25) is 0 Å². The Balaban J connectivity index is 1.03. The van der Waals surface area contributed by atoms with Gasteiger partial charge >= 0.3 is 12.1 Å². The highest BCUT2D eigenvalue weighted by atomic mass is 16.6. The molecule has 1 unspecified atom stereocenters. The number of ether oxygens (including phenoxy) is 3. The van der Waals surface area contributed by atoms with Gasteiger partial charge in [0.1, 0.15) is 24.3 Å². The van der Waals surface area contributed by atoms with E-state index in [0.717, 1.165) is 42.6 Å². The molecule has 2 N–H and O–H groups in total. The Morgan fingerprint density at radius 3 is 2.20 bits per heavy atom. The molecule has 2 amide bonds. The smallest absolute Gasteiger partial charge is 0.413 e. The first-order chi connectivity index (χ1) is 21.8. The van der Waals surface area contributed by atoms with E-state index in [4.69, 9.17) is 19.6 Å². The third-order valence-electron chi connectivity index (χ3n) is 8.21. The number of likely N-dealkylation sites (N-methyl/N-ethyl adjacent to an activating group) is 1. The number of amides is 2. The summed E-state index contributed by atoms with van der Waals surface area (Å²) in [6.45, 7) is 2.92. The predicted molar refractivity (Wildman–Crippen MR) is 170 cm³/mol. The lowest BCUT2D eigenvalue weighted by Gasteiger charge is -2.33. The zero-order valence-electron chi connectivity index (χ0n) is 25.6. The first-order valence-electron chi connectivity index (χ1n) is 15.4. The van der Waals surface area contributed by atoms with Gasteiger partial charge in [0.05, 0.1) is 5.92 Å². The molecule has 2 fully saturated rings. The molecule has 2 saturated heterocycles. The van der Waals surface area contributed by atoms with Crippen molar-refractivity contribution in [2.75, 3.05) is 39.8 Å². The molecule has 2 aliphatic heterocycles. The number of likely N-dealkylation sites (tertiary alicyclic amines) is 2. The molecule has 0 radical (unpaired) electrons. The fourth-order valence-corrected chi connectivity index (χ4v) is 5.58. The third kappa shape index (κ3) is 9.15. The number of rotatable bonds is 9. The number of nitrogens with one attached hydrogen (secondary N) is 2. The molecule has 2 aliphatic rings. The van der Waals surface area contributed by atoms with Gasteiger partial charge in [-0.15, -0.1) is 0 Å². The van der Waals surface area contributed by atoms with Crippen molar-refractivity contribution in [1.82, 2.24) is 15.1 Å². The van der Waals surface area contributed by atoms with Gasteiger partial charge in [-0.05, 0) is 68.1 Å². The molecule has 1 atom stereocenters. The van der Waals surface area contributed by atoms with E-state index < -0.39 is 6.09 Å². The molecule has 0 bridgehead atoms. The van der Waals surface area contributed by atoms with Crippen molar-refractivity contribution in [2.45, 2.75) is 38.4 Å². The Kier molecular flexibility index (Phi) is 10.8. The van der Waals surface area contributed by atoms with Gasteiger partial charge in [0.2, 0.25) is 0 Å². The van der Waals surface area contributed by atoms with Crippen LogP contribution in [-0.4, -0.2) is 79.5 Å². The summed E-state index contributed by atoms with van der Waals surface area (Å²) in [4.78, 5) is 41.4. The van der Waals surface area contributed by atoms with E-state index in [2.05, 4.69) is 10.2 Å². The van der Waals surface area contributed by atoms with Crippen molar-refractivity contribution in [3.05, 3.63) is 90.0 Å². The molecule has 10 heteroatoms. The number of nitrogens with zero attached hydrogens (tertiary/aromatic N) is 2. The third-order valence-corrected chi connectivity index (χ3v) is 8.21. The maximum atomic E-state index is 12.8. The van der Waals surface area contributed by atoms with Crippen molar-refractivity contribution in [2.24, 2.45) is 5.92 Å². The van der Waals surface area contributed by atoms with Gasteiger partial charge in [0, 0.05) is 25.2 Å². The van der Waals surface area contributed by atoms with Crippen LogP contribution in [0, 0.1) is 11.3 Å². The number of benzene rings is 3. The van der Waals surface area contributed by atoms with Gasteiger partial charge in [-0.1, -0.05) is 66.7 Å². The van der Waals surface area contributed by atoms with E-state index in [1.165, 1.54) is 0 Å². The SMILES string of the molecule is CN1CCCC(OC(=O)C2CCN(C(=O)COc3ccc(-c4ccc(C(=N)NC(=O)OCc5ccccc5)cc4)cc3)CC2)C1. The Bertz CT molecular complexity index is 1450. The molecule has 3 aromatic carbocycles. The summed E-state index contributed by atoms with van der Waals surface area (Å²) in [5.74, 6) is 0.134. The minimum atomic E-state index is -0.686. The number of hydrogen-bond acceptors (Lipinski definition) is 8. The number of carbonyl (C=O) groups is 3. The van der Waals surface area contributed by atoms with E-state index in [0.29, 0.717) is 37.2 Å². The Morgan fingerprint density at radius 2 is 1.53 bits per heavy atom. The number of hydrogen-bond donors (Lipinski definition) is 2. The summed E-state index contributed by atoms with van der Waals surface area (Å²) in [6.07, 6.45) is 2.45. The highest BCUT2D eigenvalue weighted by molar-refractivity contribution is 6.04. The van der Waals surface area contributed by atoms with Crippen molar-refractivity contribution in [3.63, 3.8) is 0 Å².